The van der Waals surface area contributed by atoms with Crippen LogP contribution in [0.2, 0.25) is 0 Å². The number of carbonyl (C=O) groups excluding carboxylic acids is 1. The molecule has 4 rings (SSSR count). The molecule has 1 aromatic heterocycles. The van der Waals surface area contributed by atoms with Crippen molar-refractivity contribution in [1.29, 1.82) is 0 Å². The molecule has 7 heteroatoms. The number of hydrogen-bond acceptors (Lipinski definition) is 4. The topological polar surface area (TPSA) is 71.6 Å². The number of anilines is 1. The van der Waals surface area contributed by atoms with Crippen molar-refractivity contribution >= 4 is 28.2 Å². The molecular weight excluding hydrogens is 356 g/mol. The van der Waals surface area contributed by atoms with Gasteiger partial charge in [-0.15, -0.1) is 0 Å². The molecular formula is C21H22N4O3. The van der Waals surface area contributed by atoms with E-state index in [9.17, 15) is 14.9 Å². The predicted octanol–water partition coefficient (Wildman–Crippen LogP) is 3.21. The molecule has 0 spiro atoms. The Balaban J connectivity index is 1.42. The number of carbonyl (C=O) groups is 1. The summed E-state index contributed by atoms with van der Waals surface area (Å²) in [5, 5.41) is 12.1. The molecule has 2 heterocycles. The van der Waals surface area contributed by atoms with Gasteiger partial charge < -0.3 is 14.4 Å². The van der Waals surface area contributed by atoms with E-state index in [-0.39, 0.29) is 16.5 Å². The molecule has 0 aliphatic carbocycles. The van der Waals surface area contributed by atoms with E-state index < -0.39 is 0 Å². The third kappa shape index (κ3) is 3.43. The van der Waals surface area contributed by atoms with Gasteiger partial charge in [-0.05, 0) is 30.5 Å². The van der Waals surface area contributed by atoms with Gasteiger partial charge in [0, 0.05) is 55.2 Å². The van der Waals surface area contributed by atoms with Crippen LogP contribution in [-0.4, -0.2) is 46.5 Å². The van der Waals surface area contributed by atoms with E-state index in [0.29, 0.717) is 32.7 Å². The fourth-order valence-corrected chi connectivity index (χ4v) is 3.81. The summed E-state index contributed by atoms with van der Waals surface area (Å²) in [5.41, 5.74) is 3.06. The molecule has 2 aromatic carbocycles. The molecule has 0 radical (unpaired) electrons. The number of nitrogens with zero attached hydrogens (tertiary/aromatic N) is 4. The van der Waals surface area contributed by atoms with E-state index in [1.54, 1.807) is 12.1 Å². The van der Waals surface area contributed by atoms with Crippen LogP contribution in [-0.2, 0) is 11.3 Å². The Labute approximate surface area is 162 Å². The van der Waals surface area contributed by atoms with Gasteiger partial charge >= 0.3 is 0 Å². The van der Waals surface area contributed by atoms with E-state index in [2.05, 4.69) is 21.6 Å². The zero-order valence-electron chi connectivity index (χ0n) is 15.7. The fourth-order valence-electron chi connectivity index (χ4n) is 3.81. The summed E-state index contributed by atoms with van der Waals surface area (Å²) in [4.78, 5) is 27.4. The van der Waals surface area contributed by atoms with Gasteiger partial charge in [-0.3, -0.25) is 14.9 Å². The first-order valence-electron chi connectivity index (χ1n) is 9.35. The Morgan fingerprint density at radius 3 is 2.54 bits per heavy atom. The van der Waals surface area contributed by atoms with Crippen molar-refractivity contribution in [2.24, 2.45) is 0 Å². The first-order chi connectivity index (χ1) is 13.5. The maximum absolute atomic E-state index is 12.8. The number of piperazine rings is 1. The Morgan fingerprint density at radius 2 is 1.79 bits per heavy atom. The molecule has 0 atom stereocenters. The van der Waals surface area contributed by atoms with Crippen LogP contribution in [0.5, 0.6) is 0 Å². The van der Waals surface area contributed by atoms with E-state index in [4.69, 9.17) is 0 Å². The second kappa shape index (κ2) is 7.34. The van der Waals surface area contributed by atoms with E-state index in [0.717, 1.165) is 22.3 Å². The van der Waals surface area contributed by atoms with Crippen LogP contribution in [0.3, 0.4) is 0 Å². The Hall–Kier alpha value is -3.35. The highest BCUT2D eigenvalue weighted by molar-refractivity contribution is 5.84. The van der Waals surface area contributed by atoms with Gasteiger partial charge in [-0.2, -0.15) is 0 Å². The number of aromatic nitrogens is 1. The number of rotatable bonds is 4. The summed E-state index contributed by atoms with van der Waals surface area (Å²) in [7, 11) is 0. The van der Waals surface area contributed by atoms with Crippen molar-refractivity contribution in [3.63, 3.8) is 0 Å². The zero-order valence-corrected chi connectivity index (χ0v) is 15.7. The Bertz CT molecular complexity index is 1040. The van der Waals surface area contributed by atoms with Crippen LogP contribution in [0.1, 0.15) is 5.69 Å². The average molecular weight is 378 g/mol. The molecule has 1 amide bonds. The highest BCUT2D eigenvalue weighted by atomic mass is 16.6. The summed E-state index contributed by atoms with van der Waals surface area (Å²) in [6.07, 6.45) is 0. The minimum Gasteiger partial charge on any atom is -0.368 e. The highest BCUT2D eigenvalue weighted by Gasteiger charge is 2.23. The van der Waals surface area contributed by atoms with Gasteiger partial charge in [0.1, 0.15) is 6.54 Å². The molecule has 0 unspecified atom stereocenters. The second-order valence-corrected chi connectivity index (χ2v) is 7.08. The summed E-state index contributed by atoms with van der Waals surface area (Å²) in [6, 6.07) is 16.8. The molecule has 1 aliphatic rings. The fraction of sp³-hybridized carbons (Fsp3) is 0.286. The van der Waals surface area contributed by atoms with Crippen molar-refractivity contribution in [2.45, 2.75) is 13.5 Å². The number of non-ortho nitro benzene ring substituents is 1. The largest absolute Gasteiger partial charge is 0.368 e. The number of nitro groups is 1. The average Bonchev–Trinajstić information content (AvgIpc) is 3.03. The van der Waals surface area contributed by atoms with Gasteiger partial charge in [0.05, 0.1) is 4.92 Å². The molecule has 1 aliphatic heterocycles. The standard InChI is InChI=1S/C21H22N4O3/c1-16-13-17-5-2-3-8-20(17)24(16)15-21(26)23-11-9-22(10-12-23)18-6-4-7-19(14-18)25(27)28/h2-8,13-14H,9-12,15H2,1H3. The van der Waals surface area contributed by atoms with E-state index in [1.807, 2.05) is 36.1 Å². The lowest BCUT2D eigenvalue weighted by molar-refractivity contribution is -0.384. The monoisotopic (exact) mass is 378 g/mol. The van der Waals surface area contributed by atoms with Crippen molar-refractivity contribution < 1.29 is 9.72 Å². The minimum atomic E-state index is -0.382. The first-order valence-corrected chi connectivity index (χ1v) is 9.35. The lowest BCUT2D eigenvalue weighted by Crippen LogP contribution is -2.49. The minimum absolute atomic E-state index is 0.0889. The van der Waals surface area contributed by atoms with Gasteiger partial charge in [0.15, 0.2) is 0 Å². The SMILES string of the molecule is Cc1cc2ccccc2n1CC(=O)N1CCN(c2cccc([N+](=O)[O-])c2)CC1. The normalized spacial score (nSPS) is 14.5. The molecule has 28 heavy (non-hydrogen) atoms. The molecule has 0 bridgehead atoms. The van der Waals surface area contributed by atoms with Crippen LogP contribution in [0.15, 0.2) is 54.6 Å². The van der Waals surface area contributed by atoms with Crippen molar-refractivity contribution in [1.82, 2.24) is 9.47 Å². The summed E-state index contributed by atoms with van der Waals surface area (Å²) in [5.74, 6) is 0.100. The molecule has 144 valence electrons. The number of hydrogen-bond donors (Lipinski definition) is 0. The molecule has 0 saturated carbocycles. The molecule has 1 saturated heterocycles. The molecule has 3 aromatic rings. The molecule has 0 N–H and O–H groups in total. The zero-order chi connectivity index (χ0) is 19.7. The van der Waals surface area contributed by atoms with Crippen LogP contribution in [0, 0.1) is 17.0 Å². The van der Waals surface area contributed by atoms with Gasteiger partial charge in [0.25, 0.3) is 5.69 Å². The van der Waals surface area contributed by atoms with Crippen LogP contribution in [0.4, 0.5) is 11.4 Å². The lowest BCUT2D eigenvalue weighted by Gasteiger charge is -2.36. The smallest absolute Gasteiger partial charge is 0.271 e. The van der Waals surface area contributed by atoms with E-state index in [1.165, 1.54) is 6.07 Å². The van der Waals surface area contributed by atoms with Gasteiger partial charge in [-0.25, -0.2) is 0 Å². The Kier molecular flexibility index (Phi) is 4.73. The second-order valence-electron chi connectivity index (χ2n) is 7.08. The van der Waals surface area contributed by atoms with Gasteiger partial charge in [-0.1, -0.05) is 24.3 Å². The highest BCUT2D eigenvalue weighted by Crippen LogP contribution is 2.23. The number of nitro benzene ring substituents is 1. The summed E-state index contributed by atoms with van der Waals surface area (Å²) >= 11 is 0. The third-order valence-electron chi connectivity index (χ3n) is 5.35. The quantitative estimate of drug-likeness (QED) is 0.516. The van der Waals surface area contributed by atoms with Crippen molar-refractivity contribution in [2.75, 3.05) is 31.1 Å². The lowest BCUT2D eigenvalue weighted by atomic mass is 10.2. The summed E-state index contributed by atoms with van der Waals surface area (Å²) in [6.45, 7) is 4.90. The number of para-hydroxylation sites is 1. The van der Waals surface area contributed by atoms with E-state index >= 15 is 0 Å². The Morgan fingerprint density at radius 1 is 1.04 bits per heavy atom. The van der Waals surface area contributed by atoms with Crippen LogP contribution in [0.25, 0.3) is 10.9 Å². The van der Waals surface area contributed by atoms with Crippen LogP contribution < -0.4 is 4.90 Å². The first kappa shape index (κ1) is 18.0. The number of amides is 1. The number of benzene rings is 2. The number of fused-ring (bicyclic) bond motifs is 1. The number of aryl methyl sites for hydroxylation is 1. The van der Waals surface area contributed by atoms with Crippen molar-refractivity contribution in [3.8, 4) is 0 Å². The molecule has 1 fully saturated rings. The maximum Gasteiger partial charge on any atom is 0.271 e. The summed E-state index contributed by atoms with van der Waals surface area (Å²) < 4.78 is 2.06. The predicted molar refractivity (Wildman–Crippen MR) is 109 cm³/mol. The van der Waals surface area contributed by atoms with Crippen molar-refractivity contribution in [3.05, 3.63) is 70.4 Å². The van der Waals surface area contributed by atoms with Crippen LogP contribution >= 0.6 is 0 Å². The van der Waals surface area contributed by atoms with Gasteiger partial charge in [0.2, 0.25) is 5.91 Å². The third-order valence-corrected chi connectivity index (χ3v) is 5.35. The maximum atomic E-state index is 12.8. The molecule has 7 nitrogen and oxygen atoms in total.